The molecule has 0 saturated heterocycles. The number of ether oxygens (including phenoxy) is 1. The van der Waals surface area contributed by atoms with Gasteiger partial charge in [-0.25, -0.2) is 4.79 Å². The van der Waals surface area contributed by atoms with Gasteiger partial charge in [0, 0.05) is 29.7 Å². The van der Waals surface area contributed by atoms with Crippen molar-refractivity contribution < 1.29 is 18.7 Å². The lowest BCUT2D eigenvalue weighted by atomic mass is 10.1. The number of Topliss-reactive ketones (excluding diaryl/α,β-unsaturated/α-hetero) is 1. The van der Waals surface area contributed by atoms with E-state index in [1.807, 2.05) is 42.7 Å². The summed E-state index contributed by atoms with van der Waals surface area (Å²) >= 11 is 0. The predicted octanol–water partition coefficient (Wildman–Crippen LogP) is 3.83. The van der Waals surface area contributed by atoms with Gasteiger partial charge in [-0.15, -0.1) is 0 Å². The zero-order valence-electron chi connectivity index (χ0n) is 15.6. The maximum absolute atomic E-state index is 12.6. The quantitative estimate of drug-likeness (QED) is 0.508. The molecule has 0 atom stereocenters. The Kier molecular flexibility index (Phi) is 5.45. The molecule has 3 rings (SSSR count). The molecule has 0 saturated carbocycles. The van der Waals surface area contributed by atoms with Crippen LogP contribution in [0.25, 0.3) is 0 Å². The van der Waals surface area contributed by atoms with E-state index in [4.69, 9.17) is 9.15 Å². The highest BCUT2D eigenvalue weighted by Crippen LogP contribution is 2.19. The molecule has 0 amide bonds. The van der Waals surface area contributed by atoms with Crippen LogP contribution in [0.4, 0.5) is 5.69 Å². The summed E-state index contributed by atoms with van der Waals surface area (Å²) in [6, 6.07) is 12.5. The first-order valence-corrected chi connectivity index (χ1v) is 8.67. The fourth-order valence-electron chi connectivity index (χ4n) is 3.05. The second-order valence-corrected chi connectivity index (χ2v) is 6.25. The Morgan fingerprint density at radius 1 is 1.11 bits per heavy atom. The van der Waals surface area contributed by atoms with Crippen LogP contribution in [0, 0.1) is 13.8 Å². The smallest absolute Gasteiger partial charge is 0.340 e. The van der Waals surface area contributed by atoms with E-state index in [0.717, 1.165) is 17.1 Å². The van der Waals surface area contributed by atoms with Crippen LogP contribution in [0.1, 0.15) is 37.9 Å². The molecule has 0 spiro atoms. The molecule has 2 aromatic heterocycles. The van der Waals surface area contributed by atoms with Crippen molar-refractivity contribution in [2.24, 2.45) is 0 Å². The normalized spacial score (nSPS) is 10.6. The van der Waals surface area contributed by atoms with Gasteiger partial charge in [0.05, 0.1) is 18.4 Å². The number of nitrogens with zero attached hydrogens (tertiary/aromatic N) is 1. The number of furan rings is 1. The molecular weight excluding hydrogens is 344 g/mol. The van der Waals surface area contributed by atoms with Gasteiger partial charge >= 0.3 is 5.97 Å². The van der Waals surface area contributed by atoms with Crippen molar-refractivity contribution >= 4 is 17.4 Å². The monoisotopic (exact) mass is 366 g/mol. The molecule has 0 radical (unpaired) electrons. The molecule has 2 heterocycles. The molecule has 6 nitrogen and oxygen atoms in total. The van der Waals surface area contributed by atoms with E-state index in [1.165, 1.54) is 0 Å². The summed E-state index contributed by atoms with van der Waals surface area (Å²) in [5.74, 6) is 0.0488. The summed E-state index contributed by atoms with van der Waals surface area (Å²) in [5, 5.41) is 2.94. The first kappa shape index (κ1) is 18.5. The molecule has 6 heteroatoms. The third-order valence-corrected chi connectivity index (χ3v) is 4.52. The van der Waals surface area contributed by atoms with Crippen molar-refractivity contribution in [1.82, 2.24) is 4.57 Å². The number of carbonyl (C=O) groups excluding carboxylic acids is 2. The van der Waals surface area contributed by atoms with E-state index >= 15 is 0 Å². The number of anilines is 1. The number of carbonyl (C=O) groups is 2. The molecule has 0 aliphatic heterocycles. The van der Waals surface area contributed by atoms with Gasteiger partial charge in [0.25, 0.3) is 0 Å². The average Bonchev–Trinajstić information content (AvgIpc) is 3.29. The van der Waals surface area contributed by atoms with Crippen LogP contribution in [-0.2, 0) is 11.3 Å². The number of hydrogen-bond donors (Lipinski definition) is 1. The molecule has 0 bridgehead atoms. The minimum Gasteiger partial charge on any atom is -0.467 e. The van der Waals surface area contributed by atoms with Crippen LogP contribution < -0.4 is 5.32 Å². The van der Waals surface area contributed by atoms with Gasteiger partial charge in [-0.3, -0.25) is 4.79 Å². The van der Waals surface area contributed by atoms with Gasteiger partial charge in [-0.2, -0.15) is 0 Å². The van der Waals surface area contributed by atoms with Crippen molar-refractivity contribution in [2.75, 3.05) is 19.0 Å². The van der Waals surface area contributed by atoms with E-state index in [9.17, 15) is 9.59 Å². The van der Waals surface area contributed by atoms with Gasteiger partial charge in [0.1, 0.15) is 5.76 Å². The second-order valence-electron chi connectivity index (χ2n) is 6.25. The molecular formula is C21H22N2O4. The number of rotatable bonds is 7. The van der Waals surface area contributed by atoms with Crippen LogP contribution >= 0.6 is 0 Å². The number of esters is 1. The van der Waals surface area contributed by atoms with Gasteiger partial charge in [-0.1, -0.05) is 12.1 Å². The minimum absolute atomic E-state index is 0.232. The molecule has 0 aliphatic carbocycles. The Labute approximate surface area is 157 Å². The number of aromatic nitrogens is 1. The second kappa shape index (κ2) is 7.95. The van der Waals surface area contributed by atoms with E-state index in [0.29, 0.717) is 23.4 Å². The van der Waals surface area contributed by atoms with Gasteiger partial charge in [-0.05, 0) is 44.2 Å². The Bertz CT molecular complexity index is 955. The maximum atomic E-state index is 12.6. The van der Waals surface area contributed by atoms with Crippen molar-refractivity contribution in [2.45, 2.75) is 20.4 Å². The summed E-state index contributed by atoms with van der Waals surface area (Å²) < 4.78 is 12.6. The summed E-state index contributed by atoms with van der Waals surface area (Å²) in [7, 11) is 1.73. The molecule has 0 unspecified atom stereocenters. The maximum Gasteiger partial charge on any atom is 0.340 e. The number of nitrogens with one attached hydrogen (secondary N) is 1. The largest absolute Gasteiger partial charge is 0.467 e. The highest BCUT2D eigenvalue weighted by molar-refractivity contribution is 6.01. The standard InChI is InChI=1S/C21H22N2O4/c1-14-11-18(15(2)23(14)12-16-7-6-10-26-16)20(24)13-27-21(25)17-8-4-5-9-19(17)22-3/h4-11,22H,12-13H2,1-3H3. The van der Waals surface area contributed by atoms with Crippen LogP contribution in [0.3, 0.4) is 0 Å². The van der Waals surface area contributed by atoms with Gasteiger partial charge < -0.3 is 19.0 Å². The molecule has 0 fully saturated rings. The van der Waals surface area contributed by atoms with Crippen molar-refractivity contribution in [3.63, 3.8) is 0 Å². The van der Waals surface area contributed by atoms with Crippen LogP contribution in [0.15, 0.2) is 53.1 Å². The number of ketones is 1. The van der Waals surface area contributed by atoms with E-state index in [-0.39, 0.29) is 12.4 Å². The Morgan fingerprint density at radius 3 is 2.59 bits per heavy atom. The topological polar surface area (TPSA) is 73.5 Å². The lowest BCUT2D eigenvalue weighted by Gasteiger charge is -2.09. The summed E-state index contributed by atoms with van der Waals surface area (Å²) in [4.78, 5) is 24.9. The zero-order valence-corrected chi connectivity index (χ0v) is 15.6. The molecule has 1 aromatic carbocycles. The van der Waals surface area contributed by atoms with Crippen LogP contribution in [0.2, 0.25) is 0 Å². The first-order valence-electron chi connectivity index (χ1n) is 8.67. The Morgan fingerprint density at radius 2 is 1.89 bits per heavy atom. The van der Waals surface area contributed by atoms with E-state index in [2.05, 4.69) is 5.32 Å². The molecule has 27 heavy (non-hydrogen) atoms. The number of benzene rings is 1. The van der Waals surface area contributed by atoms with E-state index in [1.54, 1.807) is 31.5 Å². The summed E-state index contributed by atoms with van der Waals surface area (Å²) in [5.41, 5.74) is 3.37. The molecule has 3 aromatic rings. The Hall–Kier alpha value is -3.28. The number of hydrogen-bond acceptors (Lipinski definition) is 5. The number of para-hydroxylation sites is 1. The third-order valence-electron chi connectivity index (χ3n) is 4.52. The van der Waals surface area contributed by atoms with Crippen molar-refractivity contribution in [3.05, 3.63) is 77.0 Å². The average molecular weight is 366 g/mol. The predicted molar refractivity (Wildman–Crippen MR) is 102 cm³/mol. The van der Waals surface area contributed by atoms with Crippen LogP contribution in [-0.4, -0.2) is 30.0 Å². The van der Waals surface area contributed by atoms with Gasteiger partial charge in [0.2, 0.25) is 5.78 Å². The highest BCUT2D eigenvalue weighted by atomic mass is 16.5. The highest BCUT2D eigenvalue weighted by Gasteiger charge is 2.19. The fourth-order valence-corrected chi connectivity index (χ4v) is 3.05. The third kappa shape index (κ3) is 3.95. The Balaban J connectivity index is 1.70. The number of aryl methyl sites for hydroxylation is 1. The molecule has 140 valence electrons. The van der Waals surface area contributed by atoms with Crippen LogP contribution in [0.5, 0.6) is 0 Å². The van der Waals surface area contributed by atoms with E-state index < -0.39 is 5.97 Å². The lowest BCUT2D eigenvalue weighted by molar-refractivity contribution is 0.0475. The molecule has 1 N–H and O–H groups in total. The summed E-state index contributed by atoms with van der Waals surface area (Å²) in [6.07, 6.45) is 1.62. The van der Waals surface area contributed by atoms with Crippen molar-refractivity contribution in [1.29, 1.82) is 0 Å². The minimum atomic E-state index is -0.530. The van der Waals surface area contributed by atoms with Gasteiger partial charge in [0.15, 0.2) is 6.61 Å². The SMILES string of the molecule is CNc1ccccc1C(=O)OCC(=O)c1cc(C)n(Cc2ccco2)c1C. The first-order chi connectivity index (χ1) is 13.0. The lowest BCUT2D eigenvalue weighted by Crippen LogP contribution is -2.16. The zero-order chi connectivity index (χ0) is 19.4. The fraction of sp³-hybridized carbons (Fsp3) is 0.238. The van der Waals surface area contributed by atoms with Crippen molar-refractivity contribution in [3.8, 4) is 0 Å². The molecule has 0 aliphatic rings. The summed E-state index contributed by atoms with van der Waals surface area (Å²) in [6.45, 7) is 4.05.